The molecular weight excluding hydrogens is 462 g/mol. The molecule has 0 bridgehead atoms. The Labute approximate surface area is 218 Å². The van der Waals surface area contributed by atoms with Crippen molar-refractivity contribution in [1.82, 2.24) is 9.88 Å². The minimum absolute atomic E-state index is 0.147. The van der Waals surface area contributed by atoms with Crippen LogP contribution in [0.1, 0.15) is 42.3 Å². The fourth-order valence-corrected chi connectivity index (χ4v) is 4.61. The molecule has 0 radical (unpaired) electrons. The number of nitrogens with zero attached hydrogens (tertiary/aromatic N) is 2. The second kappa shape index (κ2) is 11.8. The van der Waals surface area contributed by atoms with E-state index in [9.17, 15) is 9.59 Å². The van der Waals surface area contributed by atoms with E-state index in [1.807, 2.05) is 44.2 Å². The highest BCUT2D eigenvalue weighted by atomic mass is 16.5. The molecule has 3 aromatic carbocycles. The Balaban J connectivity index is 1.58. The van der Waals surface area contributed by atoms with Gasteiger partial charge in [-0.2, -0.15) is 0 Å². The predicted molar refractivity (Wildman–Crippen MR) is 151 cm³/mol. The van der Waals surface area contributed by atoms with E-state index in [-0.39, 0.29) is 11.5 Å². The summed E-state index contributed by atoms with van der Waals surface area (Å²) in [6.07, 6.45) is 2.75. The third-order valence-corrected chi connectivity index (χ3v) is 6.67. The van der Waals surface area contributed by atoms with Crippen molar-refractivity contribution in [3.63, 3.8) is 0 Å². The molecule has 4 aromatic rings. The van der Waals surface area contributed by atoms with Crippen LogP contribution in [0.15, 0.2) is 77.7 Å². The normalized spacial score (nSPS) is 10.9. The lowest BCUT2D eigenvalue weighted by Crippen LogP contribution is -2.29. The molecule has 192 valence electrons. The maximum atomic E-state index is 13.5. The molecule has 0 fully saturated rings. The average Bonchev–Trinajstić information content (AvgIpc) is 2.92. The summed E-state index contributed by atoms with van der Waals surface area (Å²) < 4.78 is 7.70. The van der Waals surface area contributed by atoms with Crippen LogP contribution in [-0.4, -0.2) is 36.7 Å². The second-order valence-electron chi connectivity index (χ2n) is 9.01. The van der Waals surface area contributed by atoms with Gasteiger partial charge in [0.15, 0.2) is 0 Å². The van der Waals surface area contributed by atoms with Gasteiger partial charge in [0, 0.05) is 30.5 Å². The van der Waals surface area contributed by atoms with Crippen molar-refractivity contribution in [3.05, 3.63) is 100.0 Å². The van der Waals surface area contributed by atoms with Crippen molar-refractivity contribution in [2.24, 2.45) is 0 Å². The number of nitrogens with one attached hydrogen (secondary N) is 1. The lowest BCUT2D eigenvalue weighted by Gasteiger charge is -2.25. The minimum atomic E-state index is -0.157. The van der Waals surface area contributed by atoms with Gasteiger partial charge in [-0.1, -0.05) is 37.3 Å². The van der Waals surface area contributed by atoms with E-state index in [2.05, 4.69) is 48.3 Å². The zero-order chi connectivity index (χ0) is 26.4. The third kappa shape index (κ3) is 5.69. The Morgan fingerprint density at radius 2 is 1.81 bits per heavy atom. The fourth-order valence-electron chi connectivity index (χ4n) is 4.61. The molecular formula is C31H35N3O3. The number of benzene rings is 3. The van der Waals surface area contributed by atoms with Crippen LogP contribution < -0.4 is 20.5 Å². The molecule has 37 heavy (non-hydrogen) atoms. The lowest BCUT2D eigenvalue weighted by atomic mass is 10.1. The van der Waals surface area contributed by atoms with Gasteiger partial charge >= 0.3 is 0 Å². The van der Waals surface area contributed by atoms with Crippen molar-refractivity contribution in [2.45, 2.75) is 34.1 Å². The number of carbonyl (C=O) groups is 1. The molecule has 1 heterocycles. The summed E-state index contributed by atoms with van der Waals surface area (Å²) >= 11 is 0. The summed E-state index contributed by atoms with van der Waals surface area (Å²) in [7, 11) is 0. The molecule has 0 spiro atoms. The van der Waals surface area contributed by atoms with Gasteiger partial charge in [0.2, 0.25) is 0 Å². The topological polar surface area (TPSA) is 63.6 Å². The number of hydrogen-bond donors (Lipinski definition) is 1. The van der Waals surface area contributed by atoms with Gasteiger partial charge in [-0.15, -0.1) is 0 Å². The first-order chi connectivity index (χ1) is 18.0. The molecule has 0 saturated carbocycles. The van der Waals surface area contributed by atoms with Gasteiger partial charge in [0.1, 0.15) is 12.4 Å². The maximum absolute atomic E-state index is 13.5. The largest absolute Gasteiger partial charge is 0.492 e. The SMILES string of the molecule is CCNC(=O)c1ccc(C)c(-n2ccc3ccc(OCCN(CC)c4ccccc4CC)cc3c2=O)c1. The van der Waals surface area contributed by atoms with E-state index in [1.54, 1.807) is 22.9 Å². The first-order valence-corrected chi connectivity index (χ1v) is 13.0. The van der Waals surface area contributed by atoms with Crippen molar-refractivity contribution in [3.8, 4) is 11.4 Å². The van der Waals surface area contributed by atoms with Gasteiger partial charge in [-0.05, 0) is 80.1 Å². The van der Waals surface area contributed by atoms with Crippen LogP contribution in [0.5, 0.6) is 5.75 Å². The van der Waals surface area contributed by atoms with Crippen LogP contribution in [0.25, 0.3) is 16.5 Å². The number of ether oxygens (including phenoxy) is 1. The number of anilines is 1. The van der Waals surface area contributed by atoms with E-state index in [4.69, 9.17) is 4.74 Å². The Bertz CT molecular complexity index is 1460. The lowest BCUT2D eigenvalue weighted by molar-refractivity contribution is 0.0956. The summed E-state index contributed by atoms with van der Waals surface area (Å²) in [6, 6.07) is 21.4. The van der Waals surface area contributed by atoms with E-state index in [1.165, 1.54) is 11.3 Å². The molecule has 0 atom stereocenters. The number of amides is 1. The van der Waals surface area contributed by atoms with Gasteiger partial charge in [-0.3, -0.25) is 14.2 Å². The molecule has 0 unspecified atom stereocenters. The summed E-state index contributed by atoms with van der Waals surface area (Å²) in [5.41, 5.74) is 4.54. The highest BCUT2D eigenvalue weighted by Crippen LogP contribution is 2.23. The standard InChI is InChI=1S/C31H35N3O3/c1-5-23-10-8-9-11-28(23)33(7-3)18-19-37-26-15-14-24-16-17-34(31(36)27(24)21-26)29-20-25(13-12-22(29)4)30(35)32-6-2/h8-17,20-21H,5-7,18-19H2,1-4H3,(H,32,35). The summed E-state index contributed by atoms with van der Waals surface area (Å²) in [5.74, 6) is 0.505. The van der Waals surface area contributed by atoms with Crippen molar-refractivity contribution >= 4 is 22.4 Å². The number of hydrogen-bond acceptors (Lipinski definition) is 4. The number of carbonyl (C=O) groups excluding carboxylic acids is 1. The first kappa shape index (κ1) is 26.0. The molecule has 1 aromatic heterocycles. The molecule has 0 aliphatic carbocycles. The summed E-state index contributed by atoms with van der Waals surface area (Å²) in [5, 5.41) is 4.23. The summed E-state index contributed by atoms with van der Waals surface area (Å²) in [6.45, 7) is 10.8. The Hall–Kier alpha value is -4.06. The maximum Gasteiger partial charge on any atom is 0.263 e. The monoisotopic (exact) mass is 497 g/mol. The van der Waals surface area contributed by atoms with E-state index in [0.29, 0.717) is 35.5 Å². The van der Waals surface area contributed by atoms with E-state index in [0.717, 1.165) is 30.5 Å². The third-order valence-electron chi connectivity index (χ3n) is 6.67. The number of fused-ring (bicyclic) bond motifs is 1. The van der Waals surface area contributed by atoms with Crippen molar-refractivity contribution in [1.29, 1.82) is 0 Å². The molecule has 0 saturated heterocycles. The van der Waals surface area contributed by atoms with Gasteiger partial charge in [0.25, 0.3) is 11.5 Å². The zero-order valence-corrected chi connectivity index (χ0v) is 22.1. The van der Waals surface area contributed by atoms with Crippen molar-refractivity contribution in [2.75, 3.05) is 31.1 Å². The van der Waals surface area contributed by atoms with Gasteiger partial charge in [-0.25, -0.2) is 0 Å². The van der Waals surface area contributed by atoms with Crippen molar-refractivity contribution < 1.29 is 9.53 Å². The predicted octanol–water partition coefficient (Wildman–Crippen LogP) is 5.52. The number of likely N-dealkylation sites (N-methyl/N-ethyl adjacent to an activating group) is 1. The number of para-hydroxylation sites is 1. The van der Waals surface area contributed by atoms with Crippen LogP contribution >= 0.6 is 0 Å². The Morgan fingerprint density at radius 1 is 1.00 bits per heavy atom. The average molecular weight is 498 g/mol. The molecule has 6 nitrogen and oxygen atoms in total. The van der Waals surface area contributed by atoms with E-state index >= 15 is 0 Å². The molecule has 6 heteroatoms. The van der Waals surface area contributed by atoms with Crippen LogP contribution in [0.3, 0.4) is 0 Å². The second-order valence-corrected chi connectivity index (χ2v) is 9.01. The van der Waals surface area contributed by atoms with Crippen LogP contribution in [-0.2, 0) is 6.42 Å². The number of rotatable bonds is 10. The molecule has 0 aliphatic heterocycles. The highest BCUT2D eigenvalue weighted by Gasteiger charge is 2.13. The van der Waals surface area contributed by atoms with Gasteiger partial charge < -0.3 is 15.0 Å². The van der Waals surface area contributed by atoms with Crippen LogP contribution in [0.4, 0.5) is 5.69 Å². The molecule has 1 amide bonds. The summed E-state index contributed by atoms with van der Waals surface area (Å²) in [4.78, 5) is 28.2. The zero-order valence-electron chi connectivity index (χ0n) is 22.1. The number of aryl methyl sites for hydroxylation is 2. The quantitative estimate of drug-likeness (QED) is 0.314. The fraction of sp³-hybridized carbons (Fsp3) is 0.290. The number of aromatic nitrogens is 1. The number of pyridine rings is 1. The highest BCUT2D eigenvalue weighted by molar-refractivity contribution is 5.95. The Kier molecular flexibility index (Phi) is 8.29. The minimum Gasteiger partial charge on any atom is -0.492 e. The first-order valence-electron chi connectivity index (χ1n) is 13.0. The van der Waals surface area contributed by atoms with Crippen LogP contribution in [0.2, 0.25) is 0 Å². The molecule has 0 aliphatic rings. The van der Waals surface area contributed by atoms with Gasteiger partial charge in [0.05, 0.1) is 17.6 Å². The Morgan fingerprint density at radius 3 is 2.57 bits per heavy atom. The smallest absolute Gasteiger partial charge is 0.263 e. The molecule has 1 N–H and O–H groups in total. The van der Waals surface area contributed by atoms with Crippen LogP contribution in [0, 0.1) is 6.92 Å². The molecule has 4 rings (SSSR count). The van der Waals surface area contributed by atoms with E-state index < -0.39 is 0 Å².